The monoisotopic (exact) mass is 331 g/mol. The Morgan fingerprint density at radius 3 is 1.96 bits per heavy atom. The van der Waals surface area contributed by atoms with Crippen molar-refractivity contribution < 1.29 is 4.79 Å². The van der Waals surface area contributed by atoms with Gasteiger partial charge in [-0.3, -0.25) is 19.7 Å². The molecule has 3 heterocycles. The van der Waals surface area contributed by atoms with Crippen molar-refractivity contribution in [2.75, 3.05) is 0 Å². The van der Waals surface area contributed by atoms with Crippen molar-refractivity contribution in [3.05, 3.63) is 89.3 Å². The second-order valence-electron chi connectivity index (χ2n) is 5.44. The molecule has 0 aliphatic carbocycles. The van der Waals surface area contributed by atoms with Crippen LogP contribution < -0.4 is 5.43 Å². The molecule has 0 aliphatic rings. The number of nitrogens with one attached hydrogen (secondary N) is 1. The van der Waals surface area contributed by atoms with E-state index in [2.05, 4.69) is 25.5 Å². The van der Waals surface area contributed by atoms with Gasteiger partial charge in [-0.15, -0.1) is 0 Å². The van der Waals surface area contributed by atoms with Gasteiger partial charge in [0.15, 0.2) is 0 Å². The predicted octanol–water partition coefficient (Wildman–Crippen LogP) is 2.67. The molecule has 0 aromatic carbocycles. The van der Waals surface area contributed by atoms with Crippen molar-refractivity contribution in [1.29, 1.82) is 0 Å². The molecule has 0 radical (unpaired) electrons. The van der Waals surface area contributed by atoms with Gasteiger partial charge >= 0.3 is 0 Å². The lowest BCUT2D eigenvalue weighted by Gasteiger charge is -2.08. The summed E-state index contributed by atoms with van der Waals surface area (Å²) < 4.78 is 0. The first-order chi connectivity index (χ1) is 12.1. The molecule has 1 N–H and O–H groups in total. The minimum Gasteiger partial charge on any atom is -0.266 e. The summed E-state index contributed by atoms with van der Waals surface area (Å²) in [6.45, 7) is 3.80. The Balaban J connectivity index is 1.98. The van der Waals surface area contributed by atoms with Crippen LogP contribution in [0.2, 0.25) is 0 Å². The van der Waals surface area contributed by atoms with E-state index in [1.807, 2.05) is 50.2 Å². The first-order valence-corrected chi connectivity index (χ1v) is 7.80. The van der Waals surface area contributed by atoms with E-state index in [4.69, 9.17) is 0 Å². The van der Waals surface area contributed by atoms with E-state index in [9.17, 15) is 4.79 Å². The highest BCUT2D eigenvalue weighted by atomic mass is 16.2. The number of pyridine rings is 3. The summed E-state index contributed by atoms with van der Waals surface area (Å²) in [6.07, 6.45) is 1.56. The molecule has 124 valence electrons. The van der Waals surface area contributed by atoms with E-state index in [-0.39, 0.29) is 0 Å². The van der Waals surface area contributed by atoms with E-state index in [0.29, 0.717) is 22.8 Å². The number of carbonyl (C=O) groups excluding carboxylic acids is 1. The average Bonchev–Trinajstić information content (AvgIpc) is 2.63. The topological polar surface area (TPSA) is 80.1 Å². The molecule has 6 nitrogen and oxygen atoms in total. The van der Waals surface area contributed by atoms with Crippen molar-refractivity contribution in [2.24, 2.45) is 5.10 Å². The van der Waals surface area contributed by atoms with Gasteiger partial charge in [0.05, 0.1) is 11.4 Å². The number of amides is 1. The number of hydrogen-bond acceptors (Lipinski definition) is 5. The maximum absolute atomic E-state index is 12.2. The first kappa shape index (κ1) is 16.4. The van der Waals surface area contributed by atoms with Crippen LogP contribution in [-0.2, 0) is 0 Å². The van der Waals surface area contributed by atoms with Crippen molar-refractivity contribution in [3.63, 3.8) is 0 Å². The molecular formula is C19H17N5O. The lowest BCUT2D eigenvalue weighted by atomic mass is 10.1. The Morgan fingerprint density at radius 2 is 1.44 bits per heavy atom. The Labute approximate surface area is 145 Å². The van der Waals surface area contributed by atoms with Gasteiger partial charge in [0.2, 0.25) is 0 Å². The highest BCUT2D eigenvalue weighted by Gasteiger charge is 2.13. The van der Waals surface area contributed by atoms with Crippen LogP contribution in [0.25, 0.3) is 0 Å². The number of rotatable bonds is 4. The van der Waals surface area contributed by atoms with Gasteiger partial charge in [-0.1, -0.05) is 18.2 Å². The average molecular weight is 331 g/mol. The minimum atomic E-state index is -0.390. The van der Waals surface area contributed by atoms with Crippen LogP contribution in [0.4, 0.5) is 0 Å². The Morgan fingerprint density at radius 1 is 0.840 bits per heavy atom. The van der Waals surface area contributed by atoms with Gasteiger partial charge in [-0.05, 0) is 50.2 Å². The summed E-state index contributed by atoms with van der Waals surface area (Å²) >= 11 is 0. The van der Waals surface area contributed by atoms with E-state index >= 15 is 0 Å². The molecule has 0 saturated heterocycles. The largest absolute Gasteiger partial charge is 0.289 e. The third-order valence-corrected chi connectivity index (χ3v) is 3.43. The maximum Gasteiger partial charge on any atom is 0.289 e. The fraction of sp³-hybridized carbons (Fsp3) is 0.105. The molecule has 0 atom stereocenters. The molecule has 0 fully saturated rings. The molecule has 25 heavy (non-hydrogen) atoms. The lowest BCUT2D eigenvalue weighted by molar-refractivity contribution is 0.0950. The quantitative estimate of drug-likeness (QED) is 0.589. The second-order valence-corrected chi connectivity index (χ2v) is 5.44. The Bertz CT molecular complexity index is 874. The van der Waals surface area contributed by atoms with Crippen LogP contribution in [0.3, 0.4) is 0 Å². The predicted molar refractivity (Wildman–Crippen MR) is 95.3 cm³/mol. The fourth-order valence-electron chi connectivity index (χ4n) is 2.26. The van der Waals surface area contributed by atoms with E-state index in [1.165, 1.54) is 0 Å². The smallest absolute Gasteiger partial charge is 0.266 e. The second kappa shape index (κ2) is 7.44. The number of hydrazone groups is 1. The van der Waals surface area contributed by atoms with Gasteiger partial charge in [0, 0.05) is 17.6 Å². The van der Waals surface area contributed by atoms with Crippen molar-refractivity contribution in [1.82, 2.24) is 20.4 Å². The fourth-order valence-corrected chi connectivity index (χ4v) is 2.26. The van der Waals surface area contributed by atoms with Crippen LogP contribution in [0.5, 0.6) is 0 Å². The van der Waals surface area contributed by atoms with E-state index < -0.39 is 5.91 Å². The molecule has 6 heteroatoms. The van der Waals surface area contributed by atoms with Gasteiger partial charge in [0.25, 0.3) is 5.91 Å². The molecule has 0 saturated carbocycles. The highest BCUT2D eigenvalue weighted by molar-refractivity contribution is 6.11. The summed E-state index contributed by atoms with van der Waals surface area (Å²) in [5.74, 6) is -0.390. The molecule has 0 bridgehead atoms. The summed E-state index contributed by atoms with van der Waals surface area (Å²) in [5.41, 5.74) is 6.32. The third kappa shape index (κ3) is 4.11. The zero-order chi connectivity index (χ0) is 17.6. The van der Waals surface area contributed by atoms with Gasteiger partial charge in [-0.25, -0.2) is 5.43 Å². The first-order valence-electron chi connectivity index (χ1n) is 7.80. The maximum atomic E-state index is 12.2. The molecular weight excluding hydrogens is 314 g/mol. The number of carbonyl (C=O) groups is 1. The zero-order valence-electron chi connectivity index (χ0n) is 14.0. The summed E-state index contributed by atoms with van der Waals surface area (Å²) in [6, 6.07) is 16.4. The molecule has 0 aliphatic heterocycles. The number of hydrogen-bond donors (Lipinski definition) is 1. The molecule has 3 aromatic heterocycles. The number of aromatic nitrogens is 3. The van der Waals surface area contributed by atoms with Crippen molar-refractivity contribution in [2.45, 2.75) is 13.8 Å². The van der Waals surface area contributed by atoms with Gasteiger partial charge in [0.1, 0.15) is 11.4 Å². The van der Waals surface area contributed by atoms with E-state index in [1.54, 1.807) is 24.4 Å². The molecule has 3 rings (SSSR count). The van der Waals surface area contributed by atoms with Crippen LogP contribution >= 0.6 is 0 Å². The minimum absolute atomic E-state index is 0.292. The zero-order valence-corrected chi connectivity index (χ0v) is 14.0. The SMILES string of the molecule is Cc1cccc(C(=NNC(=O)c2ccccn2)c2cccc(C)n2)n1. The Kier molecular flexibility index (Phi) is 4.89. The van der Waals surface area contributed by atoms with Crippen molar-refractivity contribution >= 4 is 11.6 Å². The third-order valence-electron chi connectivity index (χ3n) is 3.43. The number of aryl methyl sites for hydroxylation is 2. The normalized spacial score (nSPS) is 10.2. The van der Waals surface area contributed by atoms with Crippen LogP contribution in [0, 0.1) is 13.8 Å². The molecule has 0 spiro atoms. The molecule has 0 unspecified atom stereocenters. The standard InChI is InChI=1S/C19H17N5O/c1-13-7-5-10-15(21-13)18(16-11-6-8-14(2)22-16)23-24-19(25)17-9-3-4-12-20-17/h3-12H,1-2H3,(H,24,25). The van der Waals surface area contributed by atoms with E-state index in [0.717, 1.165) is 11.4 Å². The summed E-state index contributed by atoms with van der Waals surface area (Å²) in [7, 11) is 0. The van der Waals surface area contributed by atoms with Gasteiger partial charge < -0.3 is 0 Å². The summed E-state index contributed by atoms with van der Waals surface area (Å²) in [4.78, 5) is 25.2. The highest BCUT2D eigenvalue weighted by Crippen LogP contribution is 2.09. The van der Waals surface area contributed by atoms with Crippen molar-refractivity contribution in [3.8, 4) is 0 Å². The van der Waals surface area contributed by atoms with Crippen LogP contribution in [0.1, 0.15) is 33.3 Å². The number of nitrogens with zero attached hydrogens (tertiary/aromatic N) is 4. The Hall–Kier alpha value is -3.41. The van der Waals surface area contributed by atoms with Crippen LogP contribution in [-0.4, -0.2) is 26.6 Å². The molecule has 1 amide bonds. The lowest BCUT2D eigenvalue weighted by Crippen LogP contribution is -2.22. The van der Waals surface area contributed by atoms with Crippen LogP contribution in [0.15, 0.2) is 65.9 Å². The van der Waals surface area contributed by atoms with Gasteiger partial charge in [-0.2, -0.15) is 5.10 Å². The molecule has 3 aromatic rings. The summed E-state index contributed by atoms with van der Waals surface area (Å²) in [5, 5.41) is 4.27.